The molecule has 8 heteroatoms. The molecule has 0 saturated carbocycles. The molecule has 1 aromatic heterocycles. The summed E-state index contributed by atoms with van der Waals surface area (Å²) < 4.78 is 39.1. The van der Waals surface area contributed by atoms with Gasteiger partial charge in [0, 0.05) is 26.2 Å². The molecule has 0 spiro atoms. The highest BCUT2D eigenvalue weighted by molar-refractivity contribution is 7.86. The molecular weight excluding hydrogens is 306 g/mol. The summed E-state index contributed by atoms with van der Waals surface area (Å²) >= 11 is 0. The number of nitrogens with zero attached hydrogens (tertiary/aromatic N) is 3. The highest BCUT2D eigenvalue weighted by Crippen LogP contribution is 2.26. The Kier molecular flexibility index (Phi) is 5.24. The molecule has 2 rings (SSSR count). The average Bonchev–Trinajstić information content (AvgIpc) is 2.93. The number of hydrogen-bond donors (Lipinski definition) is 0. The van der Waals surface area contributed by atoms with Crippen LogP contribution in [0.2, 0.25) is 0 Å². The second-order valence-electron chi connectivity index (χ2n) is 5.40. The molecule has 122 valence electrons. The first kappa shape index (κ1) is 17.0. The molecule has 1 saturated heterocycles. The Hall–Kier alpha value is -1.40. The second kappa shape index (κ2) is 6.79. The largest absolute Gasteiger partial charge is 0.464 e. The first-order valence-corrected chi connectivity index (χ1v) is 8.54. The van der Waals surface area contributed by atoms with Crippen LogP contribution >= 0.6 is 0 Å². The highest BCUT2D eigenvalue weighted by atomic mass is 32.2. The van der Waals surface area contributed by atoms with E-state index in [1.165, 1.54) is 15.7 Å². The van der Waals surface area contributed by atoms with Crippen molar-refractivity contribution in [1.82, 2.24) is 8.61 Å². The molecule has 22 heavy (non-hydrogen) atoms. The number of morpholine rings is 1. The van der Waals surface area contributed by atoms with E-state index in [9.17, 15) is 8.42 Å². The van der Waals surface area contributed by atoms with Crippen molar-refractivity contribution in [2.45, 2.75) is 32.4 Å². The summed E-state index contributed by atoms with van der Waals surface area (Å²) in [7, 11) is -2.12. The molecule has 7 nitrogen and oxygen atoms in total. The average molecular weight is 327 g/mol. The Morgan fingerprint density at radius 1 is 1.55 bits per heavy atom. The molecule has 1 aliphatic heterocycles. The molecule has 0 bridgehead atoms. The van der Waals surface area contributed by atoms with Crippen molar-refractivity contribution < 1.29 is 17.6 Å². The normalized spacial score (nSPS) is 21.7. The number of hydrogen-bond acceptors (Lipinski definition) is 5. The number of furan rings is 1. The van der Waals surface area contributed by atoms with Crippen LogP contribution in [0.3, 0.4) is 0 Å². The van der Waals surface area contributed by atoms with Crippen LogP contribution in [0.1, 0.15) is 31.0 Å². The Balaban J connectivity index is 2.12. The molecule has 2 heterocycles. The highest BCUT2D eigenvalue weighted by Gasteiger charge is 2.35. The van der Waals surface area contributed by atoms with Gasteiger partial charge in [-0.1, -0.05) is 0 Å². The predicted octanol–water partition coefficient (Wildman–Crippen LogP) is 1.44. The van der Waals surface area contributed by atoms with Crippen molar-refractivity contribution in [3.05, 3.63) is 23.7 Å². The van der Waals surface area contributed by atoms with Crippen molar-refractivity contribution in [2.75, 3.05) is 26.7 Å². The standard InChI is InChI=1S/C14H21N3O4S/c1-11(6-7-15)16(3)22(18,19)17-8-9-20-14(10-17)13-5-4-12(2)21-13/h4-5,11,14H,6,8-10H2,1-3H3. The molecule has 1 fully saturated rings. The number of nitriles is 1. The molecule has 1 aliphatic rings. The third kappa shape index (κ3) is 3.50. The van der Waals surface area contributed by atoms with Gasteiger partial charge in [0.2, 0.25) is 0 Å². The van der Waals surface area contributed by atoms with Crippen molar-refractivity contribution in [3.63, 3.8) is 0 Å². The minimum Gasteiger partial charge on any atom is -0.464 e. The molecule has 2 atom stereocenters. The van der Waals surface area contributed by atoms with Gasteiger partial charge in [-0.05, 0) is 26.0 Å². The van der Waals surface area contributed by atoms with E-state index in [2.05, 4.69) is 0 Å². The van der Waals surface area contributed by atoms with Crippen molar-refractivity contribution >= 4 is 10.2 Å². The van der Waals surface area contributed by atoms with Crippen molar-refractivity contribution in [3.8, 4) is 6.07 Å². The van der Waals surface area contributed by atoms with E-state index in [0.29, 0.717) is 18.9 Å². The van der Waals surface area contributed by atoms with E-state index in [-0.39, 0.29) is 19.0 Å². The van der Waals surface area contributed by atoms with Crippen LogP contribution in [-0.2, 0) is 14.9 Å². The van der Waals surface area contributed by atoms with Gasteiger partial charge in [-0.25, -0.2) is 0 Å². The molecule has 0 aliphatic carbocycles. The zero-order chi connectivity index (χ0) is 16.3. The van der Waals surface area contributed by atoms with Crippen LogP contribution in [0.5, 0.6) is 0 Å². The molecule has 0 N–H and O–H groups in total. The first-order chi connectivity index (χ1) is 10.4. The summed E-state index contributed by atoms with van der Waals surface area (Å²) in [5.74, 6) is 1.39. The smallest absolute Gasteiger partial charge is 0.282 e. The summed E-state index contributed by atoms with van der Waals surface area (Å²) in [4.78, 5) is 0. The minimum atomic E-state index is -3.62. The Labute approximate surface area is 131 Å². The number of ether oxygens (including phenoxy) is 1. The van der Waals surface area contributed by atoms with Crippen LogP contribution in [0.25, 0.3) is 0 Å². The van der Waals surface area contributed by atoms with Gasteiger partial charge in [0.1, 0.15) is 17.6 Å². The zero-order valence-electron chi connectivity index (χ0n) is 13.0. The third-order valence-corrected chi connectivity index (χ3v) is 5.88. The molecule has 0 radical (unpaired) electrons. The summed E-state index contributed by atoms with van der Waals surface area (Å²) in [5.41, 5.74) is 0. The summed E-state index contributed by atoms with van der Waals surface area (Å²) in [6.45, 7) is 4.36. The van der Waals surface area contributed by atoms with E-state index in [1.54, 1.807) is 13.0 Å². The minimum absolute atomic E-state index is 0.154. The van der Waals surface area contributed by atoms with E-state index in [1.807, 2.05) is 19.1 Å². The monoisotopic (exact) mass is 327 g/mol. The van der Waals surface area contributed by atoms with Gasteiger partial charge >= 0.3 is 0 Å². The SMILES string of the molecule is Cc1ccc(C2CN(S(=O)(=O)N(C)C(C)CC#N)CCO2)o1. The lowest BCUT2D eigenvalue weighted by atomic mass is 10.2. The summed E-state index contributed by atoms with van der Waals surface area (Å²) in [6, 6.07) is 5.25. The maximum absolute atomic E-state index is 12.6. The second-order valence-corrected chi connectivity index (χ2v) is 7.39. The maximum Gasteiger partial charge on any atom is 0.282 e. The van der Waals surface area contributed by atoms with Crippen LogP contribution in [0.15, 0.2) is 16.5 Å². The quantitative estimate of drug-likeness (QED) is 0.816. The van der Waals surface area contributed by atoms with Gasteiger partial charge in [0.25, 0.3) is 10.2 Å². The van der Waals surface area contributed by atoms with Gasteiger partial charge in [0.05, 0.1) is 19.1 Å². The van der Waals surface area contributed by atoms with E-state index < -0.39 is 16.3 Å². The zero-order valence-corrected chi connectivity index (χ0v) is 13.8. The fraction of sp³-hybridized carbons (Fsp3) is 0.643. The molecule has 1 aromatic rings. The van der Waals surface area contributed by atoms with Gasteiger partial charge in [-0.2, -0.15) is 22.3 Å². The van der Waals surface area contributed by atoms with Crippen molar-refractivity contribution in [2.24, 2.45) is 0 Å². The number of aryl methyl sites for hydroxylation is 1. The lowest BCUT2D eigenvalue weighted by Gasteiger charge is -2.35. The predicted molar refractivity (Wildman–Crippen MR) is 80.1 cm³/mol. The lowest BCUT2D eigenvalue weighted by molar-refractivity contribution is -0.0162. The first-order valence-electron chi connectivity index (χ1n) is 7.14. The molecule has 2 unspecified atom stereocenters. The topological polar surface area (TPSA) is 86.8 Å². The summed E-state index contributed by atoms with van der Waals surface area (Å²) in [6.07, 6.45) is -0.252. The maximum atomic E-state index is 12.6. The Bertz CT molecular complexity index is 649. The van der Waals surface area contributed by atoms with Crippen LogP contribution in [-0.4, -0.2) is 49.8 Å². The van der Waals surface area contributed by atoms with E-state index in [0.717, 1.165) is 5.76 Å². The molecular formula is C14H21N3O4S. The Morgan fingerprint density at radius 3 is 2.86 bits per heavy atom. The third-order valence-electron chi connectivity index (χ3n) is 3.81. The van der Waals surface area contributed by atoms with Crippen LogP contribution < -0.4 is 0 Å². The van der Waals surface area contributed by atoms with Gasteiger partial charge in [-0.3, -0.25) is 0 Å². The Morgan fingerprint density at radius 2 is 2.27 bits per heavy atom. The van der Waals surface area contributed by atoms with Gasteiger partial charge in [0.15, 0.2) is 0 Å². The van der Waals surface area contributed by atoms with Gasteiger partial charge in [-0.15, -0.1) is 0 Å². The molecule has 0 aromatic carbocycles. The lowest BCUT2D eigenvalue weighted by Crippen LogP contribution is -2.50. The number of rotatable bonds is 5. The van der Waals surface area contributed by atoms with Crippen LogP contribution in [0.4, 0.5) is 0 Å². The van der Waals surface area contributed by atoms with Gasteiger partial charge < -0.3 is 9.15 Å². The van der Waals surface area contributed by atoms with E-state index >= 15 is 0 Å². The fourth-order valence-corrected chi connectivity index (χ4v) is 3.83. The summed E-state index contributed by atoms with van der Waals surface area (Å²) in [5, 5.41) is 8.74. The fourth-order valence-electron chi connectivity index (χ4n) is 2.30. The van der Waals surface area contributed by atoms with Crippen LogP contribution in [0, 0.1) is 18.3 Å². The molecule has 0 amide bonds. The van der Waals surface area contributed by atoms with Crippen molar-refractivity contribution in [1.29, 1.82) is 5.26 Å². The van der Waals surface area contributed by atoms with E-state index in [4.69, 9.17) is 14.4 Å².